The normalized spacial score (nSPS) is 13.9. The van der Waals surface area contributed by atoms with Gasteiger partial charge in [0.1, 0.15) is 0 Å². The minimum atomic E-state index is 0.336. The first-order chi connectivity index (χ1) is 7.97. The smallest absolute Gasteiger partial charge is 0.0521 e. The Hall–Kier alpha value is -0.830. The second kappa shape index (κ2) is 6.20. The van der Waals surface area contributed by atoms with Crippen LogP contribution >= 0.6 is 0 Å². The maximum Gasteiger partial charge on any atom is 0.0521 e. The van der Waals surface area contributed by atoms with Crippen molar-refractivity contribution < 1.29 is 0 Å². The summed E-state index contributed by atoms with van der Waals surface area (Å²) >= 11 is 0. The molecule has 17 heavy (non-hydrogen) atoms. The third-order valence-corrected chi connectivity index (χ3v) is 3.36. The summed E-state index contributed by atoms with van der Waals surface area (Å²) < 4.78 is 1.99. The van der Waals surface area contributed by atoms with Gasteiger partial charge in [-0.2, -0.15) is 5.10 Å². The molecule has 0 aliphatic carbocycles. The molecule has 0 bridgehead atoms. The van der Waals surface area contributed by atoms with Gasteiger partial charge in [-0.3, -0.25) is 4.68 Å². The van der Waals surface area contributed by atoms with E-state index in [0.29, 0.717) is 11.5 Å². The molecule has 1 N–H and O–H groups in total. The van der Waals surface area contributed by atoms with Crippen LogP contribution in [0.1, 0.15) is 46.1 Å². The Bertz CT molecular complexity index is 322. The number of hydrogen-bond donors (Lipinski definition) is 1. The van der Waals surface area contributed by atoms with Crippen LogP contribution in [0.4, 0.5) is 0 Å². The summed E-state index contributed by atoms with van der Waals surface area (Å²) in [6.45, 7) is 9.96. The summed E-state index contributed by atoms with van der Waals surface area (Å²) in [6.07, 6.45) is 7.73. The summed E-state index contributed by atoms with van der Waals surface area (Å²) in [6, 6.07) is 0.587. The monoisotopic (exact) mass is 237 g/mol. The molecule has 1 aromatic heterocycles. The predicted molar refractivity (Wildman–Crippen MR) is 73.1 cm³/mol. The maximum absolute atomic E-state index is 4.30. The Kier molecular flexibility index (Phi) is 5.19. The first-order valence-electron chi connectivity index (χ1n) is 6.66. The Morgan fingerprint density at radius 2 is 2.12 bits per heavy atom. The van der Waals surface area contributed by atoms with Crippen molar-refractivity contribution in [2.45, 2.75) is 59.5 Å². The van der Waals surface area contributed by atoms with Crippen LogP contribution in [0.2, 0.25) is 0 Å². The number of aryl methyl sites for hydroxylation is 2. The molecule has 0 aliphatic heterocycles. The van der Waals surface area contributed by atoms with E-state index in [1.165, 1.54) is 18.4 Å². The van der Waals surface area contributed by atoms with E-state index in [0.717, 1.165) is 13.0 Å². The van der Waals surface area contributed by atoms with Crippen molar-refractivity contribution in [2.75, 3.05) is 7.05 Å². The molecule has 0 radical (unpaired) electrons. The Labute approximate surface area is 106 Å². The van der Waals surface area contributed by atoms with Crippen LogP contribution in [-0.4, -0.2) is 22.9 Å². The Morgan fingerprint density at radius 1 is 1.41 bits per heavy atom. The summed E-state index contributed by atoms with van der Waals surface area (Å²) in [5.41, 5.74) is 1.69. The predicted octanol–water partition coefficient (Wildman–Crippen LogP) is 2.86. The quantitative estimate of drug-likeness (QED) is 0.824. The molecule has 1 unspecified atom stereocenters. The number of rotatable bonds is 6. The average molecular weight is 237 g/mol. The first-order valence-corrected chi connectivity index (χ1v) is 6.66. The van der Waals surface area contributed by atoms with Crippen LogP contribution in [-0.2, 0) is 13.0 Å². The molecule has 0 saturated carbocycles. The molecule has 0 aromatic carbocycles. The Morgan fingerprint density at radius 3 is 2.59 bits per heavy atom. The molecule has 3 heteroatoms. The number of nitrogens with zero attached hydrogens (tertiary/aromatic N) is 2. The summed E-state index contributed by atoms with van der Waals surface area (Å²) in [4.78, 5) is 0. The van der Waals surface area contributed by atoms with E-state index in [2.05, 4.69) is 51.4 Å². The number of aromatic nitrogens is 2. The lowest BCUT2D eigenvalue weighted by Gasteiger charge is -2.30. The van der Waals surface area contributed by atoms with Gasteiger partial charge in [-0.1, -0.05) is 20.8 Å². The van der Waals surface area contributed by atoms with Crippen molar-refractivity contribution in [3.05, 3.63) is 18.0 Å². The topological polar surface area (TPSA) is 29.9 Å². The van der Waals surface area contributed by atoms with E-state index in [1.54, 1.807) is 0 Å². The highest BCUT2D eigenvalue weighted by molar-refractivity contribution is 5.03. The van der Waals surface area contributed by atoms with Gasteiger partial charge in [0.15, 0.2) is 0 Å². The van der Waals surface area contributed by atoms with Crippen molar-refractivity contribution in [2.24, 2.45) is 5.41 Å². The van der Waals surface area contributed by atoms with Gasteiger partial charge in [0.25, 0.3) is 0 Å². The number of nitrogens with one attached hydrogen (secondary N) is 1. The molecular formula is C14H27N3. The molecule has 0 aliphatic rings. The number of hydrogen-bond acceptors (Lipinski definition) is 2. The lowest BCUT2D eigenvalue weighted by atomic mass is 9.83. The van der Waals surface area contributed by atoms with E-state index >= 15 is 0 Å². The fourth-order valence-corrected chi connectivity index (χ4v) is 2.23. The van der Waals surface area contributed by atoms with Crippen LogP contribution < -0.4 is 5.32 Å². The van der Waals surface area contributed by atoms with Crippen LogP contribution in [0.3, 0.4) is 0 Å². The van der Waals surface area contributed by atoms with Gasteiger partial charge in [0, 0.05) is 18.8 Å². The summed E-state index contributed by atoms with van der Waals surface area (Å²) in [5, 5.41) is 7.73. The second-order valence-electron chi connectivity index (χ2n) is 5.80. The molecule has 3 nitrogen and oxygen atoms in total. The van der Waals surface area contributed by atoms with E-state index in [4.69, 9.17) is 0 Å². The molecule has 0 fully saturated rings. The van der Waals surface area contributed by atoms with Gasteiger partial charge < -0.3 is 5.32 Å². The highest BCUT2D eigenvalue weighted by Crippen LogP contribution is 2.23. The van der Waals surface area contributed by atoms with E-state index in [9.17, 15) is 0 Å². The van der Waals surface area contributed by atoms with Gasteiger partial charge in [-0.05, 0) is 44.2 Å². The highest BCUT2D eigenvalue weighted by Gasteiger charge is 2.22. The minimum absolute atomic E-state index is 0.336. The lowest BCUT2D eigenvalue weighted by Crippen LogP contribution is -2.37. The molecule has 1 rings (SSSR count). The summed E-state index contributed by atoms with van der Waals surface area (Å²) in [5.74, 6) is 0. The molecule has 0 amide bonds. The van der Waals surface area contributed by atoms with Crippen LogP contribution in [0, 0.1) is 5.41 Å². The SMILES string of the molecule is CCn1cc(CCCC(NC)C(C)(C)C)cn1. The van der Waals surface area contributed by atoms with Crippen molar-refractivity contribution in [3.63, 3.8) is 0 Å². The van der Waals surface area contributed by atoms with Crippen LogP contribution in [0.5, 0.6) is 0 Å². The fraction of sp³-hybridized carbons (Fsp3) is 0.786. The minimum Gasteiger partial charge on any atom is -0.316 e. The molecule has 1 heterocycles. The van der Waals surface area contributed by atoms with Crippen molar-refractivity contribution in [1.29, 1.82) is 0 Å². The molecule has 0 spiro atoms. The van der Waals surface area contributed by atoms with Gasteiger partial charge in [-0.25, -0.2) is 0 Å². The van der Waals surface area contributed by atoms with Gasteiger partial charge in [0.2, 0.25) is 0 Å². The third-order valence-electron chi connectivity index (χ3n) is 3.36. The van der Waals surface area contributed by atoms with E-state index in [1.807, 2.05) is 10.9 Å². The van der Waals surface area contributed by atoms with Crippen molar-refractivity contribution in [3.8, 4) is 0 Å². The van der Waals surface area contributed by atoms with E-state index < -0.39 is 0 Å². The zero-order valence-corrected chi connectivity index (χ0v) is 12.0. The standard InChI is InChI=1S/C14H27N3/c1-6-17-11-12(10-16-17)8-7-9-13(15-5)14(2,3)4/h10-11,13,15H,6-9H2,1-5H3. The second-order valence-corrected chi connectivity index (χ2v) is 5.80. The molecular weight excluding hydrogens is 210 g/mol. The van der Waals surface area contributed by atoms with Crippen molar-refractivity contribution in [1.82, 2.24) is 15.1 Å². The highest BCUT2D eigenvalue weighted by atomic mass is 15.3. The van der Waals surface area contributed by atoms with Crippen LogP contribution in [0.15, 0.2) is 12.4 Å². The largest absolute Gasteiger partial charge is 0.316 e. The van der Waals surface area contributed by atoms with E-state index in [-0.39, 0.29) is 0 Å². The first kappa shape index (κ1) is 14.2. The third kappa shape index (κ3) is 4.50. The molecule has 1 atom stereocenters. The van der Waals surface area contributed by atoms with Gasteiger partial charge >= 0.3 is 0 Å². The molecule has 98 valence electrons. The maximum atomic E-state index is 4.30. The zero-order chi connectivity index (χ0) is 12.9. The molecule has 0 saturated heterocycles. The van der Waals surface area contributed by atoms with Crippen molar-refractivity contribution >= 4 is 0 Å². The lowest BCUT2D eigenvalue weighted by molar-refractivity contribution is 0.263. The summed E-state index contributed by atoms with van der Waals surface area (Å²) in [7, 11) is 2.06. The van der Waals surface area contributed by atoms with Crippen LogP contribution in [0.25, 0.3) is 0 Å². The average Bonchev–Trinajstić information content (AvgIpc) is 2.70. The van der Waals surface area contributed by atoms with Gasteiger partial charge in [-0.15, -0.1) is 0 Å². The van der Waals surface area contributed by atoms with Gasteiger partial charge in [0.05, 0.1) is 6.20 Å². The fourth-order valence-electron chi connectivity index (χ4n) is 2.23. The zero-order valence-electron chi connectivity index (χ0n) is 12.0. The Balaban J connectivity index is 2.36. The molecule has 1 aromatic rings.